The van der Waals surface area contributed by atoms with Crippen molar-refractivity contribution in [3.05, 3.63) is 34.3 Å². The molecule has 0 N–H and O–H groups in total. The Kier molecular flexibility index (Phi) is 3.37. The molecule has 0 aliphatic carbocycles. The molecule has 0 radical (unpaired) electrons. The van der Waals surface area contributed by atoms with Crippen LogP contribution in [0.1, 0.15) is 10.4 Å². The van der Waals surface area contributed by atoms with E-state index in [-0.39, 0.29) is 4.47 Å². The molecule has 0 unspecified atom stereocenters. The van der Waals surface area contributed by atoms with Gasteiger partial charge >= 0.3 is 12.1 Å². The summed E-state index contributed by atoms with van der Waals surface area (Å²) >= 11 is 2.87. The fourth-order valence-corrected chi connectivity index (χ4v) is 1.34. The number of ketones is 1. The Morgan fingerprint density at radius 3 is 2.12 bits per heavy atom. The lowest BCUT2D eigenvalue weighted by Crippen LogP contribution is -2.44. The molecule has 16 heavy (non-hydrogen) atoms. The smallest absolute Gasteiger partial charge is 0.287 e. The average Bonchev–Trinajstić information content (AvgIpc) is 2.14. The zero-order valence-corrected chi connectivity index (χ0v) is 9.07. The van der Waals surface area contributed by atoms with Gasteiger partial charge in [0.2, 0.25) is 5.78 Å². The summed E-state index contributed by atoms with van der Waals surface area (Å²) in [7, 11) is 0. The van der Waals surface area contributed by atoms with Crippen molar-refractivity contribution in [3.8, 4) is 0 Å². The molecule has 0 amide bonds. The molecule has 0 aliphatic heterocycles. The quantitative estimate of drug-likeness (QED) is 0.599. The van der Waals surface area contributed by atoms with Gasteiger partial charge in [0.05, 0.1) is 0 Å². The fraction of sp³-hybridized carbons (Fsp3) is 0.222. The van der Waals surface area contributed by atoms with Gasteiger partial charge in [-0.05, 0) is 12.1 Å². The summed E-state index contributed by atoms with van der Waals surface area (Å²) in [6.45, 7) is 0. The second kappa shape index (κ2) is 4.12. The molecule has 0 saturated carbocycles. The number of alkyl halides is 5. The van der Waals surface area contributed by atoms with Crippen LogP contribution in [-0.2, 0) is 0 Å². The first kappa shape index (κ1) is 13.1. The lowest BCUT2D eigenvalue weighted by molar-refractivity contribution is -0.255. The van der Waals surface area contributed by atoms with Gasteiger partial charge in [0.25, 0.3) is 0 Å². The maximum atomic E-state index is 12.7. The van der Waals surface area contributed by atoms with Gasteiger partial charge in [-0.2, -0.15) is 22.0 Å². The first-order valence-corrected chi connectivity index (χ1v) is 4.70. The number of Topliss-reactive ketones (excluding diaryl/α,β-unsaturated/α-hetero) is 1. The van der Waals surface area contributed by atoms with Crippen molar-refractivity contribution in [2.45, 2.75) is 12.1 Å². The highest BCUT2D eigenvalue weighted by molar-refractivity contribution is 9.10. The van der Waals surface area contributed by atoms with E-state index < -0.39 is 23.4 Å². The minimum absolute atomic E-state index is 0.247. The Bertz CT molecular complexity index is 413. The number of halogens is 6. The minimum Gasteiger partial charge on any atom is -0.287 e. The van der Waals surface area contributed by atoms with E-state index >= 15 is 0 Å². The molecule has 0 saturated heterocycles. The lowest BCUT2D eigenvalue weighted by Gasteiger charge is -2.18. The number of rotatable bonds is 2. The van der Waals surface area contributed by atoms with Gasteiger partial charge < -0.3 is 0 Å². The van der Waals surface area contributed by atoms with E-state index in [2.05, 4.69) is 15.9 Å². The lowest BCUT2D eigenvalue weighted by atomic mass is 10.1. The van der Waals surface area contributed by atoms with Crippen molar-refractivity contribution < 1.29 is 26.7 Å². The number of hydrogen-bond acceptors (Lipinski definition) is 1. The van der Waals surface area contributed by atoms with Crippen LogP contribution in [0.15, 0.2) is 28.7 Å². The van der Waals surface area contributed by atoms with Crippen molar-refractivity contribution in [3.63, 3.8) is 0 Å². The van der Waals surface area contributed by atoms with Crippen LogP contribution in [0.5, 0.6) is 0 Å². The minimum atomic E-state index is -5.88. The van der Waals surface area contributed by atoms with Gasteiger partial charge in [-0.15, -0.1) is 0 Å². The van der Waals surface area contributed by atoms with E-state index in [0.29, 0.717) is 0 Å². The first-order chi connectivity index (χ1) is 7.16. The Morgan fingerprint density at radius 1 is 1.12 bits per heavy atom. The summed E-state index contributed by atoms with van der Waals surface area (Å²) in [5.74, 6) is -7.63. The Balaban J connectivity index is 3.12. The van der Waals surface area contributed by atoms with E-state index in [4.69, 9.17) is 0 Å². The predicted octanol–water partition coefficient (Wildman–Crippen LogP) is 3.83. The molecule has 0 aliphatic rings. The fourth-order valence-electron chi connectivity index (χ4n) is 0.940. The zero-order valence-electron chi connectivity index (χ0n) is 7.49. The SMILES string of the molecule is O=C(c1cccc(Br)c1)C(F)(F)C(F)(F)F. The largest absolute Gasteiger partial charge is 0.461 e. The number of carbonyl (C=O) groups is 1. The highest BCUT2D eigenvalue weighted by Gasteiger charge is 2.63. The van der Waals surface area contributed by atoms with E-state index in [1.807, 2.05) is 0 Å². The maximum Gasteiger partial charge on any atom is 0.461 e. The van der Waals surface area contributed by atoms with Crippen molar-refractivity contribution in [2.24, 2.45) is 0 Å². The molecule has 0 aromatic heterocycles. The van der Waals surface area contributed by atoms with Gasteiger partial charge in [0, 0.05) is 10.0 Å². The summed E-state index contributed by atoms with van der Waals surface area (Å²) in [6.07, 6.45) is -5.88. The number of benzene rings is 1. The van der Waals surface area contributed by atoms with Crippen molar-refractivity contribution in [1.29, 1.82) is 0 Å². The topological polar surface area (TPSA) is 17.1 Å². The molecular formula is C9H4BrF5O. The van der Waals surface area contributed by atoms with Crippen molar-refractivity contribution in [1.82, 2.24) is 0 Å². The third-order valence-corrected chi connectivity index (χ3v) is 2.22. The van der Waals surface area contributed by atoms with E-state index in [0.717, 1.165) is 12.1 Å². The molecule has 1 rings (SSSR count). The molecule has 88 valence electrons. The van der Waals surface area contributed by atoms with Crippen molar-refractivity contribution in [2.75, 3.05) is 0 Å². The summed E-state index contributed by atoms with van der Waals surface area (Å²) in [5, 5.41) is 0. The monoisotopic (exact) mass is 302 g/mol. The van der Waals surface area contributed by atoms with Gasteiger partial charge in [-0.25, -0.2) is 0 Å². The van der Waals surface area contributed by atoms with Gasteiger partial charge in [-0.1, -0.05) is 28.1 Å². The molecule has 0 spiro atoms. The van der Waals surface area contributed by atoms with Crippen LogP contribution in [-0.4, -0.2) is 17.9 Å². The molecule has 7 heteroatoms. The molecule has 0 bridgehead atoms. The molecule has 0 atom stereocenters. The third kappa shape index (κ3) is 2.40. The highest BCUT2D eigenvalue weighted by Crippen LogP contribution is 2.38. The summed E-state index contributed by atoms with van der Waals surface area (Å²) in [5.41, 5.74) is -0.697. The van der Waals surface area contributed by atoms with Crippen LogP contribution in [0.2, 0.25) is 0 Å². The Morgan fingerprint density at radius 2 is 1.69 bits per heavy atom. The number of hydrogen-bond donors (Lipinski definition) is 0. The number of carbonyl (C=O) groups excluding carboxylic acids is 1. The summed E-state index contributed by atoms with van der Waals surface area (Å²) < 4.78 is 61.2. The summed E-state index contributed by atoms with van der Waals surface area (Å²) in [6, 6.07) is 4.40. The van der Waals surface area contributed by atoms with E-state index in [9.17, 15) is 26.7 Å². The standard InChI is InChI=1S/C9H4BrF5O/c10-6-3-1-2-5(4-6)7(16)8(11,12)9(13,14)15/h1-4H. The van der Waals surface area contributed by atoms with Gasteiger partial charge in [0.15, 0.2) is 0 Å². The molecule has 1 nitrogen and oxygen atoms in total. The molecule has 0 fully saturated rings. The van der Waals surface area contributed by atoms with Crippen LogP contribution >= 0.6 is 15.9 Å². The average molecular weight is 303 g/mol. The van der Waals surface area contributed by atoms with Crippen LogP contribution in [0.25, 0.3) is 0 Å². The highest BCUT2D eigenvalue weighted by atomic mass is 79.9. The van der Waals surface area contributed by atoms with Gasteiger partial charge in [-0.3, -0.25) is 4.79 Å². The molecule has 1 aromatic rings. The van der Waals surface area contributed by atoms with Crippen LogP contribution in [0.3, 0.4) is 0 Å². The molecule has 1 aromatic carbocycles. The molecule has 0 heterocycles. The Labute approximate surface area is 95.4 Å². The van der Waals surface area contributed by atoms with Crippen molar-refractivity contribution >= 4 is 21.7 Å². The second-order valence-corrected chi connectivity index (χ2v) is 3.83. The zero-order chi connectivity index (χ0) is 12.6. The van der Waals surface area contributed by atoms with Crippen LogP contribution in [0, 0.1) is 0 Å². The maximum absolute atomic E-state index is 12.7. The van der Waals surface area contributed by atoms with Gasteiger partial charge in [0.1, 0.15) is 0 Å². The predicted molar refractivity (Wildman–Crippen MR) is 49.5 cm³/mol. The second-order valence-electron chi connectivity index (χ2n) is 2.91. The third-order valence-electron chi connectivity index (χ3n) is 1.73. The van der Waals surface area contributed by atoms with E-state index in [1.54, 1.807) is 0 Å². The summed E-state index contributed by atoms with van der Waals surface area (Å²) in [4.78, 5) is 11.0. The first-order valence-electron chi connectivity index (χ1n) is 3.91. The van der Waals surface area contributed by atoms with Crippen LogP contribution in [0.4, 0.5) is 22.0 Å². The Hall–Kier alpha value is -0.980. The normalized spacial score (nSPS) is 12.6. The van der Waals surface area contributed by atoms with Crippen LogP contribution < -0.4 is 0 Å². The van der Waals surface area contributed by atoms with E-state index in [1.165, 1.54) is 12.1 Å². The molecular weight excluding hydrogens is 299 g/mol.